The first-order valence-electron chi connectivity index (χ1n) is 8.35. The van der Waals surface area contributed by atoms with Gasteiger partial charge in [0.2, 0.25) is 15.7 Å². The molecule has 0 radical (unpaired) electrons. The first-order chi connectivity index (χ1) is 12.9. The molecule has 4 rings (SSSR count). The van der Waals surface area contributed by atoms with Crippen molar-refractivity contribution in [3.05, 3.63) is 74.9 Å². The number of fused-ring (bicyclic) bond motifs is 1. The highest BCUT2D eigenvalue weighted by Gasteiger charge is 2.34. The zero-order valence-corrected chi connectivity index (χ0v) is 16.8. The van der Waals surface area contributed by atoms with Crippen molar-refractivity contribution < 1.29 is 13.2 Å². The van der Waals surface area contributed by atoms with E-state index in [9.17, 15) is 13.2 Å². The van der Waals surface area contributed by atoms with E-state index in [-0.39, 0.29) is 21.6 Å². The zero-order valence-electron chi connectivity index (χ0n) is 14.4. The summed E-state index contributed by atoms with van der Waals surface area (Å²) in [6.45, 7) is 2.00. The number of amides is 1. The first kappa shape index (κ1) is 18.2. The number of thiophene rings is 1. The Bertz CT molecular complexity index is 1130. The molecule has 2 aromatic carbocycles. The molecule has 0 aliphatic carbocycles. The van der Waals surface area contributed by atoms with Gasteiger partial charge in [-0.1, -0.05) is 35.9 Å². The fraction of sp³-hybridized carbons (Fsp3) is 0.150. The van der Waals surface area contributed by atoms with Gasteiger partial charge in [0, 0.05) is 27.6 Å². The fourth-order valence-electron chi connectivity index (χ4n) is 3.37. The third-order valence-electron chi connectivity index (χ3n) is 4.73. The third-order valence-corrected chi connectivity index (χ3v) is 8.02. The molecular weight excluding hydrogens is 402 g/mol. The van der Waals surface area contributed by atoms with Gasteiger partial charge in [-0.3, -0.25) is 4.79 Å². The molecule has 0 fully saturated rings. The van der Waals surface area contributed by atoms with Crippen LogP contribution < -0.4 is 5.32 Å². The molecule has 1 aliphatic heterocycles. The van der Waals surface area contributed by atoms with Gasteiger partial charge in [0.1, 0.15) is 4.90 Å². The number of benzene rings is 2. The van der Waals surface area contributed by atoms with E-state index in [1.54, 1.807) is 17.5 Å². The van der Waals surface area contributed by atoms with Crippen LogP contribution in [0.2, 0.25) is 5.02 Å². The summed E-state index contributed by atoms with van der Waals surface area (Å²) in [6.07, 6.45) is 0.304. The van der Waals surface area contributed by atoms with Crippen molar-refractivity contribution in [1.29, 1.82) is 0 Å². The van der Waals surface area contributed by atoms with E-state index in [2.05, 4.69) is 5.32 Å². The summed E-state index contributed by atoms with van der Waals surface area (Å²) in [6, 6.07) is 13.9. The maximum atomic E-state index is 13.1. The second kappa shape index (κ2) is 6.78. The van der Waals surface area contributed by atoms with E-state index in [1.165, 1.54) is 23.5 Å². The van der Waals surface area contributed by atoms with Crippen molar-refractivity contribution in [1.82, 2.24) is 0 Å². The van der Waals surface area contributed by atoms with Crippen LogP contribution >= 0.6 is 22.9 Å². The number of carbonyl (C=O) groups is 1. The fourth-order valence-corrected chi connectivity index (χ4v) is 6.40. The molecular formula is C20H16ClNO3S2. The monoisotopic (exact) mass is 417 g/mol. The van der Waals surface area contributed by atoms with Gasteiger partial charge in [-0.2, -0.15) is 0 Å². The van der Waals surface area contributed by atoms with Crippen LogP contribution in [0, 0.1) is 6.92 Å². The van der Waals surface area contributed by atoms with Crippen molar-refractivity contribution in [2.75, 3.05) is 5.32 Å². The number of aryl methyl sites for hydroxylation is 1. The highest BCUT2D eigenvalue weighted by Crippen LogP contribution is 2.46. The Hall–Kier alpha value is -2.15. The Balaban J connectivity index is 1.85. The minimum absolute atomic E-state index is 0.136. The average Bonchev–Trinajstić information content (AvgIpc) is 3.06. The quantitative estimate of drug-likeness (QED) is 0.651. The second-order valence-electron chi connectivity index (χ2n) is 6.46. The van der Waals surface area contributed by atoms with Gasteiger partial charge in [-0.15, -0.1) is 11.3 Å². The predicted octanol–water partition coefficient (Wildman–Crippen LogP) is 5.02. The summed E-state index contributed by atoms with van der Waals surface area (Å²) >= 11 is 7.24. The molecule has 4 nitrogen and oxygen atoms in total. The van der Waals surface area contributed by atoms with Crippen LogP contribution in [0.1, 0.15) is 28.3 Å². The van der Waals surface area contributed by atoms with Gasteiger partial charge in [-0.25, -0.2) is 8.42 Å². The van der Waals surface area contributed by atoms with Crippen LogP contribution in [0.3, 0.4) is 0 Å². The molecule has 1 aliphatic rings. The average molecular weight is 418 g/mol. The lowest BCUT2D eigenvalue weighted by Gasteiger charge is -2.25. The standard InChI is InChI=1S/C20H16ClNO3S2/c1-12-4-2-3-5-15(12)16-10-18(23)22-19-17(11-26-20(16)19)27(24,25)14-8-6-13(21)7-9-14/h2-9,11,16H,10H2,1H3,(H,22,23)/t16-/m0/s1. The van der Waals surface area contributed by atoms with E-state index < -0.39 is 9.84 Å². The van der Waals surface area contributed by atoms with E-state index in [0.717, 1.165) is 16.0 Å². The molecule has 0 unspecified atom stereocenters. The number of hydrogen-bond acceptors (Lipinski definition) is 4. The van der Waals surface area contributed by atoms with E-state index in [1.807, 2.05) is 31.2 Å². The molecule has 1 N–H and O–H groups in total. The molecule has 0 bridgehead atoms. The number of hydrogen-bond donors (Lipinski definition) is 1. The Morgan fingerprint density at radius 3 is 2.52 bits per heavy atom. The Morgan fingerprint density at radius 2 is 1.81 bits per heavy atom. The van der Waals surface area contributed by atoms with Crippen LogP contribution in [0.15, 0.2) is 63.7 Å². The molecule has 27 heavy (non-hydrogen) atoms. The molecule has 1 atom stereocenters. The molecule has 0 spiro atoms. The number of halogens is 1. The second-order valence-corrected chi connectivity index (χ2v) is 9.72. The van der Waals surface area contributed by atoms with Crippen LogP contribution in [0.5, 0.6) is 0 Å². The maximum absolute atomic E-state index is 13.1. The van der Waals surface area contributed by atoms with E-state index >= 15 is 0 Å². The number of rotatable bonds is 3. The first-order valence-corrected chi connectivity index (χ1v) is 11.1. The summed E-state index contributed by atoms with van der Waals surface area (Å²) in [4.78, 5) is 13.5. The molecule has 3 aromatic rings. The lowest BCUT2D eigenvalue weighted by Crippen LogP contribution is -2.23. The number of carbonyl (C=O) groups excluding carboxylic acids is 1. The van der Waals surface area contributed by atoms with Crippen molar-refractivity contribution in [3.8, 4) is 0 Å². The predicted molar refractivity (Wildman–Crippen MR) is 107 cm³/mol. The maximum Gasteiger partial charge on any atom is 0.225 e. The van der Waals surface area contributed by atoms with Crippen LogP contribution in [0.25, 0.3) is 0 Å². The van der Waals surface area contributed by atoms with Crippen LogP contribution in [-0.4, -0.2) is 14.3 Å². The zero-order chi connectivity index (χ0) is 19.2. The highest BCUT2D eigenvalue weighted by atomic mass is 35.5. The van der Waals surface area contributed by atoms with Gasteiger partial charge in [-0.05, 0) is 42.3 Å². The molecule has 2 heterocycles. The van der Waals surface area contributed by atoms with Crippen molar-refractivity contribution in [2.45, 2.75) is 29.1 Å². The Morgan fingerprint density at radius 1 is 1.11 bits per heavy atom. The SMILES string of the molecule is Cc1ccccc1[C@@H]1CC(=O)Nc2c(S(=O)(=O)c3ccc(Cl)cc3)csc21. The largest absolute Gasteiger partial charge is 0.324 e. The van der Waals surface area contributed by atoms with Gasteiger partial charge in [0.15, 0.2) is 0 Å². The number of anilines is 1. The summed E-state index contributed by atoms with van der Waals surface area (Å²) in [5.41, 5.74) is 2.53. The minimum atomic E-state index is -3.76. The number of sulfone groups is 1. The van der Waals surface area contributed by atoms with Gasteiger partial charge >= 0.3 is 0 Å². The lowest BCUT2D eigenvalue weighted by molar-refractivity contribution is -0.116. The summed E-state index contributed by atoms with van der Waals surface area (Å²) in [7, 11) is -3.76. The molecule has 138 valence electrons. The Labute approximate surface area is 166 Å². The summed E-state index contributed by atoms with van der Waals surface area (Å²) in [5, 5.41) is 4.86. The summed E-state index contributed by atoms with van der Waals surface area (Å²) < 4.78 is 26.2. The molecule has 0 saturated carbocycles. The summed E-state index contributed by atoms with van der Waals surface area (Å²) in [5.74, 6) is -0.323. The van der Waals surface area contributed by atoms with Crippen molar-refractivity contribution >= 4 is 44.4 Å². The third kappa shape index (κ3) is 3.18. The van der Waals surface area contributed by atoms with Crippen LogP contribution in [0.4, 0.5) is 5.69 Å². The molecule has 7 heteroatoms. The van der Waals surface area contributed by atoms with Crippen molar-refractivity contribution in [2.24, 2.45) is 0 Å². The van der Waals surface area contributed by atoms with Crippen molar-refractivity contribution in [3.63, 3.8) is 0 Å². The topological polar surface area (TPSA) is 63.2 Å². The molecule has 1 aromatic heterocycles. The van der Waals surface area contributed by atoms with Crippen LogP contribution in [-0.2, 0) is 14.6 Å². The van der Waals surface area contributed by atoms with Gasteiger partial charge in [0.25, 0.3) is 0 Å². The van der Waals surface area contributed by atoms with E-state index in [0.29, 0.717) is 17.1 Å². The minimum Gasteiger partial charge on any atom is -0.324 e. The highest BCUT2D eigenvalue weighted by molar-refractivity contribution is 7.91. The Kier molecular flexibility index (Phi) is 4.58. The number of nitrogens with one attached hydrogen (secondary N) is 1. The van der Waals surface area contributed by atoms with E-state index in [4.69, 9.17) is 11.6 Å². The lowest BCUT2D eigenvalue weighted by atomic mass is 9.88. The molecule has 0 saturated heterocycles. The van der Waals surface area contributed by atoms with Gasteiger partial charge < -0.3 is 5.32 Å². The smallest absolute Gasteiger partial charge is 0.225 e. The normalized spacial score (nSPS) is 16.7. The molecule has 1 amide bonds. The van der Waals surface area contributed by atoms with Gasteiger partial charge in [0.05, 0.1) is 10.6 Å².